The van der Waals surface area contributed by atoms with Gasteiger partial charge in [0, 0.05) is 0 Å². The SMILES string of the molecule is CC1(O)C(c2cccs2)=NSN=C1c1cccs1. The minimum atomic E-state index is -1.14. The Kier molecular flexibility index (Phi) is 3.11. The molecule has 0 aliphatic carbocycles. The van der Waals surface area contributed by atoms with Gasteiger partial charge in [0.1, 0.15) is 29.2 Å². The molecule has 0 saturated heterocycles. The van der Waals surface area contributed by atoms with E-state index in [0.717, 1.165) is 21.9 Å². The van der Waals surface area contributed by atoms with Crippen LogP contribution in [-0.4, -0.2) is 22.1 Å². The van der Waals surface area contributed by atoms with Crippen LogP contribution in [-0.2, 0) is 0 Å². The van der Waals surface area contributed by atoms with Crippen LogP contribution in [0.25, 0.3) is 0 Å². The summed E-state index contributed by atoms with van der Waals surface area (Å²) in [5.74, 6) is 0. The van der Waals surface area contributed by atoms with Gasteiger partial charge in [-0.2, -0.15) is 8.80 Å². The Morgan fingerprint density at radius 2 is 1.50 bits per heavy atom. The van der Waals surface area contributed by atoms with Crippen molar-refractivity contribution in [2.45, 2.75) is 12.5 Å². The van der Waals surface area contributed by atoms with E-state index < -0.39 is 5.60 Å². The molecule has 2 aromatic heterocycles. The first kappa shape index (κ1) is 12.1. The van der Waals surface area contributed by atoms with E-state index in [2.05, 4.69) is 8.80 Å². The highest BCUT2D eigenvalue weighted by Crippen LogP contribution is 2.32. The minimum absolute atomic E-state index is 0.681. The average Bonchev–Trinajstić information content (AvgIpc) is 3.01. The van der Waals surface area contributed by atoms with Crippen molar-refractivity contribution in [3.8, 4) is 0 Å². The van der Waals surface area contributed by atoms with Gasteiger partial charge in [0.2, 0.25) is 0 Å². The van der Waals surface area contributed by atoms with Crippen LogP contribution < -0.4 is 0 Å². The van der Waals surface area contributed by atoms with Gasteiger partial charge >= 0.3 is 0 Å². The van der Waals surface area contributed by atoms with Crippen LogP contribution >= 0.6 is 34.8 Å². The Morgan fingerprint density at radius 1 is 1.00 bits per heavy atom. The van der Waals surface area contributed by atoms with E-state index in [1.54, 1.807) is 29.6 Å². The van der Waals surface area contributed by atoms with Crippen LogP contribution in [0.4, 0.5) is 0 Å². The van der Waals surface area contributed by atoms with E-state index in [1.807, 2.05) is 35.0 Å². The van der Waals surface area contributed by atoms with Crippen LogP contribution in [0.15, 0.2) is 43.8 Å². The lowest BCUT2D eigenvalue weighted by atomic mass is 9.92. The molecule has 0 radical (unpaired) electrons. The molecule has 0 spiro atoms. The fraction of sp³-hybridized carbons (Fsp3) is 0.167. The summed E-state index contributed by atoms with van der Waals surface area (Å²) in [6, 6.07) is 7.85. The van der Waals surface area contributed by atoms with Gasteiger partial charge in [-0.05, 0) is 29.8 Å². The molecule has 0 saturated carbocycles. The molecule has 3 nitrogen and oxygen atoms in total. The van der Waals surface area contributed by atoms with E-state index in [-0.39, 0.29) is 0 Å². The quantitative estimate of drug-likeness (QED) is 0.863. The largest absolute Gasteiger partial charge is 0.377 e. The summed E-state index contributed by atoms with van der Waals surface area (Å²) in [6.45, 7) is 1.75. The van der Waals surface area contributed by atoms with E-state index in [4.69, 9.17) is 0 Å². The molecule has 18 heavy (non-hydrogen) atoms. The summed E-state index contributed by atoms with van der Waals surface area (Å²) in [6.07, 6.45) is 0. The van der Waals surface area contributed by atoms with Gasteiger partial charge in [0.05, 0.1) is 9.75 Å². The molecule has 6 heteroatoms. The van der Waals surface area contributed by atoms with Crippen molar-refractivity contribution in [2.75, 3.05) is 0 Å². The van der Waals surface area contributed by atoms with Crippen molar-refractivity contribution < 1.29 is 5.11 Å². The summed E-state index contributed by atoms with van der Waals surface area (Å²) < 4.78 is 8.59. The molecular formula is C12H10N2OS3. The lowest BCUT2D eigenvalue weighted by Crippen LogP contribution is -2.45. The predicted octanol–water partition coefficient (Wildman–Crippen LogP) is 3.42. The Morgan fingerprint density at radius 3 is 1.89 bits per heavy atom. The number of hydrogen-bond donors (Lipinski definition) is 1. The molecule has 0 aromatic carbocycles. The fourth-order valence-corrected chi connectivity index (χ4v) is 4.29. The highest BCUT2D eigenvalue weighted by atomic mass is 32.2. The summed E-state index contributed by atoms with van der Waals surface area (Å²) >= 11 is 4.29. The first-order chi connectivity index (χ1) is 8.69. The first-order valence-corrected chi connectivity index (χ1v) is 7.82. The number of hydrogen-bond acceptors (Lipinski definition) is 6. The van der Waals surface area contributed by atoms with Crippen molar-refractivity contribution in [2.24, 2.45) is 8.80 Å². The van der Waals surface area contributed by atoms with Crippen LogP contribution in [0.3, 0.4) is 0 Å². The number of nitrogens with zero attached hydrogens (tertiary/aromatic N) is 2. The van der Waals surface area contributed by atoms with Crippen molar-refractivity contribution in [1.29, 1.82) is 0 Å². The predicted molar refractivity (Wildman–Crippen MR) is 79.9 cm³/mol. The van der Waals surface area contributed by atoms with Gasteiger partial charge in [-0.25, -0.2) is 0 Å². The zero-order valence-corrected chi connectivity index (χ0v) is 12.0. The van der Waals surface area contributed by atoms with Gasteiger partial charge in [-0.1, -0.05) is 12.1 Å². The van der Waals surface area contributed by atoms with E-state index in [0.29, 0.717) is 11.4 Å². The second-order valence-corrected chi connectivity index (χ2v) is 6.41. The van der Waals surface area contributed by atoms with Crippen molar-refractivity contribution >= 4 is 46.2 Å². The molecule has 0 atom stereocenters. The molecule has 1 N–H and O–H groups in total. The van der Waals surface area contributed by atoms with E-state index in [9.17, 15) is 5.11 Å². The van der Waals surface area contributed by atoms with Crippen molar-refractivity contribution in [3.63, 3.8) is 0 Å². The normalized spacial score (nSPS) is 18.3. The van der Waals surface area contributed by atoms with Gasteiger partial charge in [0.25, 0.3) is 0 Å². The highest BCUT2D eigenvalue weighted by molar-refractivity contribution is 7.97. The van der Waals surface area contributed by atoms with Crippen molar-refractivity contribution in [3.05, 3.63) is 44.8 Å². The van der Waals surface area contributed by atoms with E-state index >= 15 is 0 Å². The molecule has 1 aliphatic rings. The van der Waals surface area contributed by atoms with Gasteiger partial charge in [0.15, 0.2) is 0 Å². The summed E-state index contributed by atoms with van der Waals surface area (Å²) in [5.41, 5.74) is 0.225. The number of aliphatic hydroxyl groups is 1. The Balaban J connectivity index is 2.04. The topological polar surface area (TPSA) is 45.0 Å². The van der Waals surface area contributed by atoms with Crippen LogP contribution in [0.2, 0.25) is 0 Å². The zero-order chi connectivity index (χ0) is 12.6. The Hall–Kier alpha value is -0.950. The number of thiophene rings is 2. The minimum Gasteiger partial charge on any atom is -0.377 e. The molecule has 0 unspecified atom stereocenters. The van der Waals surface area contributed by atoms with Crippen LogP contribution in [0.5, 0.6) is 0 Å². The molecule has 0 fully saturated rings. The second kappa shape index (κ2) is 4.62. The lowest BCUT2D eigenvalue weighted by Gasteiger charge is -2.27. The molecule has 2 aromatic rings. The smallest absolute Gasteiger partial charge is 0.150 e. The maximum absolute atomic E-state index is 10.8. The first-order valence-electron chi connectivity index (χ1n) is 5.33. The second-order valence-electron chi connectivity index (χ2n) is 3.99. The molecule has 0 amide bonds. The van der Waals surface area contributed by atoms with Gasteiger partial charge in [-0.15, -0.1) is 22.7 Å². The maximum atomic E-state index is 10.8. The summed E-state index contributed by atoms with van der Waals surface area (Å²) in [7, 11) is 0. The van der Waals surface area contributed by atoms with Gasteiger partial charge in [-0.3, -0.25) is 0 Å². The summed E-state index contributed by atoms with van der Waals surface area (Å²) in [5, 5.41) is 14.7. The molecule has 0 bridgehead atoms. The van der Waals surface area contributed by atoms with Crippen LogP contribution in [0, 0.1) is 0 Å². The Bertz CT molecular complexity index is 545. The third-order valence-corrected chi connectivity index (χ3v) is 4.98. The molecular weight excluding hydrogens is 284 g/mol. The summed E-state index contributed by atoms with van der Waals surface area (Å²) in [4.78, 5) is 1.97. The fourth-order valence-electron chi connectivity index (χ4n) is 1.79. The average molecular weight is 294 g/mol. The standard InChI is InChI=1S/C12H10N2OS3/c1-12(15)10(8-4-2-6-16-8)13-18-14-11(12)9-5-3-7-17-9/h2-7,15H,1H3. The number of rotatable bonds is 2. The third kappa shape index (κ3) is 1.95. The highest BCUT2D eigenvalue weighted by Gasteiger charge is 2.39. The maximum Gasteiger partial charge on any atom is 0.150 e. The Labute approximate surface area is 117 Å². The molecule has 3 heterocycles. The van der Waals surface area contributed by atoms with Gasteiger partial charge < -0.3 is 5.11 Å². The van der Waals surface area contributed by atoms with Crippen LogP contribution in [0.1, 0.15) is 16.7 Å². The molecule has 92 valence electrons. The molecule has 1 aliphatic heterocycles. The zero-order valence-electron chi connectivity index (χ0n) is 9.53. The monoisotopic (exact) mass is 294 g/mol. The van der Waals surface area contributed by atoms with Crippen molar-refractivity contribution in [1.82, 2.24) is 0 Å². The molecule has 3 rings (SSSR count). The lowest BCUT2D eigenvalue weighted by molar-refractivity contribution is 0.206. The third-order valence-electron chi connectivity index (χ3n) is 2.70. The van der Waals surface area contributed by atoms with E-state index in [1.165, 1.54) is 0 Å².